The molecule has 7 nitrogen and oxygen atoms in total. The largest absolute Gasteiger partial charge is 0.481 e. The first-order valence-electron chi connectivity index (χ1n) is 6.99. The fourth-order valence-corrected chi connectivity index (χ4v) is 3.71. The number of carboxylic acids is 1. The Morgan fingerprint density at radius 1 is 1.29 bits per heavy atom. The van der Waals surface area contributed by atoms with Crippen molar-refractivity contribution in [3.63, 3.8) is 0 Å². The minimum Gasteiger partial charge on any atom is -0.481 e. The molecule has 0 radical (unpaired) electrons. The number of aliphatic carboxylic acids is 1. The number of hydrogen-bond acceptors (Lipinski definition) is 4. The lowest BCUT2D eigenvalue weighted by atomic mass is 9.89. The fraction of sp³-hybridized carbons (Fsp3) is 0.429. The molecule has 108 valence electrons. The number of carbonyl (C=O) groups is 2. The molecule has 21 heavy (non-hydrogen) atoms. The molecule has 2 aromatic heterocycles. The van der Waals surface area contributed by atoms with Crippen LogP contribution in [0.3, 0.4) is 0 Å². The van der Waals surface area contributed by atoms with E-state index in [-0.39, 0.29) is 18.0 Å². The SMILES string of the molecule is O=C(O)C1CC2CCC1N2C(=O)c1cnn2ccncc12. The molecule has 1 amide bonds. The zero-order valence-electron chi connectivity index (χ0n) is 11.2. The third-order valence-corrected chi connectivity index (χ3v) is 4.64. The lowest BCUT2D eigenvalue weighted by Gasteiger charge is -2.22. The van der Waals surface area contributed by atoms with Crippen molar-refractivity contribution < 1.29 is 14.7 Å². The molecule has 4 rings (SSSR count). The minimum absolute atomic E-state index is 0.0372. The van der Waals surface area contributed by atoms with Crippen molar-refractivity contribution in [3.8, 4) is 0 Å². The van der Waals surface area contributed by atoms with Crippen LogP contribution in [-0.4, -0.2) is 48.6 Å². The first kappa shape index (κ1) is 12.3. The van der Waals surface area contributed by atoms with E-state index in [1.54, 1.807) is 28.0 Å². The standard InChI is InChI=1S/C14H14N4O3/c19-13(10-6-16-17-4-3-15-7-12(10)17)18-8-1-2-11(18)9(5-8)14(20)21/h3-4,6-9,11H,1-2,5H2,(H,20,21). The number of fused-ring (bicyclic) bond motifs is 3. The normalized spacial score (nSPS) is 27.4. The van der Waals surface area contributed by atoms with Crippen molar-refractivity contribution in [2.45, 2.75) is 31.3 Å². The van der Waals surface area contributed by atoms with Gasteiger partial charge < -0.3 is 10.0 Å². The van der Waals surface area contributed by atoms with Crippen LogP contribution >= 0.6 is 0 Å². The molecule has 1 N–H and O–H groups in total. The van der Waals surface area contributed by atoms with Crippen LogP contribution in [0.5, 0.6) is 0 Å². The van der Waals surface area contributed by atoms with Crippen LogP contribution in [0, 0.1) is 5.92 Å². The molecule has 3 atom stereocenters. The average molecular weight is 286 g/mol. The van der Waals surface area contributed by atoms with Crippen LogP contribution in [-0.2, 0) is 4.79 Å². The Bertz CT molecular complexity index is 741. The van der Waals surface area contributed by atoms with E-state index in [0.717, 1.165) is 12.8 Å². The number of carboxylic acid groups (broad SMARTS) is 1. The van der Waals surface area contributed by atoms with Crippen molar-refractivity contribution in [1.29, 1.82) is 0 Å². The Morgan fingerprint density at radius 3 is 2.90 bits per heavy atom. The van der Waals surface area contributed by atoms with Gasteiger partial charge in [-0.3, -0.25) is 14.6 Å². The van der Waals surface area contributed by atoms with Crippen LogP contribution in [0.4, 0.5) is 0 Å². The quantitative estimate of drug-likeness (QED) is 0.882. The van der Waals surface area contributed by atoms with E-state index in [1.807, 2.05) is 0 Å². The van der Waals surface area contributed by atoms with Crippen LogP contribution in [0.15, 0.2) is 24.8 Å². The summed E-state index contributed by atoms with van der Waals surface area (Å²) in [6.45, 7) is 0. The van der Waals surface area contributed by atoms with E-state index in [2.05, 4.69) is 10.1 Å². The van der Waals surface area contributed by atoms with Crippen LogP contribution in [0.1, 0.15) is 29.6 Å². The van der Waals surface area contributed by atoms with Gasteiger partial charge in [-0.25, -0.2) is 4.52 Å². The number of rotatable bonds is 2. The van der Waals surface area contributed by atoms with Gasteiger partial charge in [-0.1, -0.05) is 0 Å². The molecule has 2 aliphatic heterocycles. The summed E-state index contributed by atoms with van der Waals surface area (Å²) in [6.07, 6.45) is 8.64. The molecule has 0 aliphatic carbocycles. The summed E-state index contributed by atoms with van der Waals surface area (Å²) in [5.74, 6) is -1.37. The molecule has 2 fully saturated rings. The fourth-order valence-electron chi connectivity index (χ4n) is 3.71. The molecule has 4 heterocycles. The molecule has 2 saturated heterocycles. The van der Waals surface area contributed by atoms with Gasteiger partial charge in [-0.05, 0) is 19.3 Å². The molecule has 2 bridgehead atoms. The lowest BCUT2D eigenvalue weighted by Crippen LogP contribution is -2.37. The van der Waals surface area contributed by atoms with Gasteiger partial charge in [0.15, 0.2) is 0 Å². The highest BCUT2D eigenvalue weighted by molar-refractivity contribution is 6.01. The van der Waals surface area contributed by atoms with Crippen molar-refractivity contribution in [3.05, 3.63) is 30.4 Å². The second-order valence-electron chi connectivity index (χ2n) is 5.66. The third kappa shape index (κ3) is 1.66. The number of nitrogens with zero attached hydrogens (tertiary/aromatic N) is 4. The molecule has 0 saturated carbocycles. The third-order valence-electron chi connectivity index (χ3n) is 4.64. The molecule has 2 aromatic rings. The topological polar surface area (TPSA) is 87.8 Å². The minimum atomic E-state index is -0.804. The summed E-state index contributed by atoms with van der Waals surface area (Å²) in [6, 6.07) is -0.151. The number of hydrogen-bond donors (Lipinski definition) is 1. The van der Waals surface area contributed by atoms with Crippen molar-refractivity contribution >= 4 is 17.4 Å². The smallest absolute Gasteiger partial charge is 0.308 e. The Labute approximate surface area is 120 Å². The maximum atomic E-state index is 12.8. The summed E-state index contributed by atoms with van der Waals surface area (Å²) < 4.78 is 1.60. The molecule has 3 unspecified atom stereocenters. The second-order valence-corrected chi connectivity index (χ2v) is 5.66. The van der Waals surface area contributed by atoms with Gasteiger partial charge in [0.25, 0.3) is 5.91 Å². The maximum Gasteiger partial charge on any atom is 0.308 e. The van der Waals surface area contributed by atoms with E-state index in [0.29, 0.717) is 17.5 Å². The van der Waals surface area contributed by atoms with Crippen molar-refractivity contribution in [2.75, 3.05) is 0 Å². The predicted octanol–water partition coefficient (Wildman–Crippen LogP) is 0.807. The number of amides is 1. The second kappa shape index (κ2) is 4.28. The zero-order valence-corrected chi connectivity index (χ0v) is 11.2. The number of aromatic nitrogens is 3. The van der Waals surface area contributed by atoms with Gasteiger partial charge in [-0.15, -0.1) is 0 Å². The van der Waals surface area contributed by atoms with E-state index >= 15 is 0 Å². The maximum absolute atomic E-state index is 12.8. The monoisotopic (exact) mass is 286 g/mol. The van der Waals surface area contributed by atoms with E-state index < -0.39 is 11.9 Å². The van der Waals surface area contributed by atoms with Crippen molar-refractivity contribution in [1.82, 2.24) is 19.5 Å². The van der Waals surface area contributed by atoms with Gasteiger partial charge >= 0.3 is 5.97 Å². The Kier molecular flexibility index (Phi) is 2.51. The highest BCUT2D eigenvalue weighted by Crippen LogP contribution is 2.42. The van der Waals surface area contributed by atoms with Gasteiger partial charge in [0, 0.05) is 24.5 Å². The van der Waals surface area contributed by atoms with Crippen molar-refractivity contribution in [2.24, 2.45) is 5.92 Å². The first-order valence-corrected chi connectivity index (χ1v) is 6.99. The zero-order chi connectivity index (χ0) is 14.6. The highest BCUT2D eigenvalue weighted by atomic mass is 16.4. The highest BCUT2D eigenvalue weighted by Gasteiger charge is 2.51. The van der Waals surface area contributed by atoms with Gasteiger partial charge in [0.1, 0.15) is 0 Å². The lowest BCUT2D eigenvalue weighted by molar-refractivity contribution is -0.142. The van der Waals surface area contributed by atoms with E-state index in [9.17, 15) is 14.7 Å². The molecule has 0 spiro atoms. The Balaban J connectivity index is 1.71. The molecule has 2 aliphatic rings. The summed E-state index contributed by atoms with van der Waals surface area (Å²) in [5, 5.41) is 13.4. The summed E-state index contributed by atoms with van der Waals surface area (Å²) in [7, 11) is 0. The number of carbonyl (C=O) groups excluding carboxylic acids is 1. The predicted molar refractivity (Wildman–Crippen MR) is 71.7 cm³/mol. The van der Waals surface area contributed by atoms with Gasteiger partial charge in [-0.2, -0.15) is 5.10 Å². The van der Waals surface area contributed by atoms with Gasteiger partial charge in [0.05, 0.1) is 29.4 Å². The summed E-state index contributed by atoms with van der Waals surface area (Å²) in [4.78, 5) is 29.9. The summed E-state index contributed by atoms with van der Waals surface area (Å²) in [5.41, 5.74) is 1.15. The van der Waals surface area contributed by atoms with Crippen LogP contribution in [0.25, 0.3) is 5.52 Å². The summed E-state index contributed by atoms with van der Waals surface area (Å²) >= 11 is 0. The first-order chi connectivity index (χ1) is 10.2. The molecule has 0 aromatic carbocycles. The molecular weight excluding hydrogens is 272 g/mol. The van der Waals surface area contributed by atoms with Gasteiger partial charge in [0.2, 0.25) is 0 Å². The average Bonchev–Trinajstić information content (AvgIpc) is 3.18. The molecule has 7 heteroatoms. The Morgan fingerprint density at radius 2 is 2.14 bits per heavy atom. The van der Waals surface area contributed by atoms with Crippen LogP contribution < -0.4 is 0 Å². The Hall–Kier alpha value is -2.44. The van der Waals surface area contributed by atoms with Crippen LogP contribution in [0.2, 0.25) is 0 Å². The van der Waals surface area contributed by atoms with E-state index in [4.69, 9.17) is 0 Å². The molecular formula is C14H14N4O3. The van der Waals surface area contributed by atoms with E-state index in [1.165, 1.54) is 6.20 Å².